The number of benzene rings is 2. The number of hydroxylamine groups is 2. The third kappa shape index (κ3) is 5.04. The minimum atomic E-state index is -1.41. The van der Waals surface area contributed by atoms with Gasteiger partial charge in [0.15, 0.2) is 5.76 Å². The number of aliphatic carboxylic acids is 1. The number of carboxylic acid groups (broad SMARTS) is 1. The number of aromatic nitrogens is 1. The molecular weight excluding hydrogens is 474 g/mol. The Morgan fingerprint density at radius 1 is 1.03 bits per heavy atom. The molecule has 0 saturated carbocycles. The predicted octanol–water partition coefficient (Wildman–Crippen LogP) is 5.17. The van der Waals surface area contributed by atoms with Gasteiger partial charge in [-0.05, 0) is 48.1 Å². The monoisotopic (exact) mass is 507 g/mol. The van der Waals surface area contributed by atoms with Crippen LogP contribution in [-0.4, -0.2) is 64.5 Å². The van der Waals surface area contributed by atoms with E-state index >= 15 is 0 Å². The smallest absolute Gasteiger partial charge is 0.343 e. The van der Waals surface area contributed by atoms with Crippen LogP contribution in [0.2, 0.25) is 0 Å². The highest BCUT2D eigenvalue weighted by Gasteiger charge is 2.49. The fraction of sp³-hybridized carbons (Fsp3) is 0.393. The highest BCUT2D eigenvalue weighted by Crippen LogP contribution is 2.42. The summed E-state index contributed by atoms with van der Waals surface area (Å²) in [6.45, 7) is 6.71. The Bertz CT molecular complexity index is 1260. The number of hydrogen-bond acceptors (Lipinski definition) is 6. The molecule has 9 heteroatoms. The van der Waals surface area contributed by atoms with Crippen LogP contribution in [0.15, 0.2) is 52.9 Å². The highest BCUT2D eigenvalue weighted by molar-refractivity contribution is 5.83. The van der Waals surface area contributed by atoms with Crippen LogP contribution in [0.25, 0.3) is 22.6 Å². The van der Waals surface area contributed by atoms with Gasteiger partial charge in [-0.15, -0.1) is 0 Å². The molecule has 2 aromatic carbocycles. The largest absolute Gasteiger partial charge is 0.497 e. The van der Waals surface area contributed by atoms with Gasteiger partial charge < -0.3 is 19.2 Å². The standard InChI is InChI=1S/C28H33N3O6/c1-27(2,3)20-10-6-18(7-11-20)22-23(19-8-12-21(36-5)13-9-19)37-24(29-22)28(25(32)33)14-16-31(17-15-28)26(34)30(4)35/h6-13,35H,14-17H2,1-5H3,(H,32,33). The van der Waals surface area contributed by atoms with Crippen molar-refractivity contribution >= 4 is 12.0 Å². The predicted molar refractivity (Wildman–Crippen MR) is 138 cm³/mol. The van der Waals surface area contributed by atoms with Gasteiger partial charge in [-0.2, -0.15) is 0 Å². The lowest BCUT2D eigenvalue weighted by molar-refractivity contribution is -0.147. The van der Waals surface area contributed by atoms with E-state index in [0.717, 1.165) is 11.1 Å². The number of hydrogen-bond donors (Lipinski definition) is 2. The quantitative estimate of drug-likeness (QED) is 0.361. The number of nitrogens with zero attached hydrogens (tertiary/aromatic N) is 3. The Morgan fingerprint density at radius 2 is 1.59 bits per heavy atom. The summed E-state index contributed by atoms with van der Waals surface area (Å²) in [6.07, 6.45) is 0.208. The second-order valence-corrected chi connectivity index (χ2v) is 10.4. The number of carbonyl (C=O) groups excluding carboxylic acids is 1. The van der Waals surface area contributed by atoms with E-state index in [9.17, 15) is 19.9 Å². The number of amides is 2. The molecule has 9 nitrogen and oxygen atoms in total. The number of carboxylic acids is 1. The topological polar surface area (TPSA) is 116 Å². The molecule has 4 rings (SSSR count). The van der Waals surface area contributed by atoms with Gasteiger partial charge in [0.05, 0.1) is 7.11 Å². The summed E-state index contributed by atoms with van der Waals surface area (Å²) in [5.74, 6) is 0.196. The van der Waals surface area contributed by atoms with Crippen LogP contribution in [-0.2, 0) is 15.6 Å². The van der Waals surface area contributed by atoms with Crippen LogP contribution in [0.1, 0.15) is 45.1 Å². The molecular formula is C28H33N3O6. The first-order valence-corrected chi connectivity index (χ1v) is 12.2. The average Bonchev–Trinajstić information content (AvgIpc) is 3.33. The zero-order chi connectivity index (χ0) is 27.0. The molecule has 0 aliphatic carbocycles. The van der Waals surface area contributed by atoms with Crippen molar-refractivity contribution in [3.63, 3.8) is 0 Å². The van der Waals surface area contributed by atoms with Crippen molar-refractivity contribution in [3.8, 4) is 28.3 Å². The van der Waals surface area contributed by atoms with E-state index in [1.807, 2.05) is 48.5 Å². The molecule has 196 valence electrons. The molecule has 2 amide bonds. The van der Waals surface area contributed by atoms with Crippen LogP contribution in [0.3, 0.4) is 0 Å². The molecule has 0 spiro atoms. The van der Waals surface area contributed by atoms with Gasteiger partial charge in [-0.1, -0.05) is 45.0 Å². The first kappa shape index (κ1) is 26.2. The molecule has 37 heavy (non-hydrogen) atoms. The van der Waals surface area contributed by atoms with Crippen molar-refractivity contribution < 1.29 is 29.1 Å². The lowest BCUT2D eigenvalue weighted by atomic mass is 9.78. The lowest BCUT2D eigenvalue weighted by Gasteiger charge is -2.37. The number of carbonyl (C=O) groups is 2. The van der Waals surface area contributed by atoms with Crippen molar-refractivity contribution in [2.75, 3.05) is 27.2 Å². The van der Waals surface area contributed by atoms with Crippen LogP contribution in [0.4, 0.5) is 4.79 Å². The number of oxazole rings is 1. The van der Waals surface area contributed by atoms with Gasteiger partial charge in [0, 0.05) is 31.3 Å². The minimum absolute atomic E-state index is 0.0201. The van der Waals surface area contributed by atoms with Gasteiger partial charge in [-0.25, -0.2) is 14.8 Å². The van der Waals surface area contributed by atoms with E-state index in [4.69, 9.17) is 14.1 Å². The number of ether oxygens (including phenoxy) is 1. The van der Waals surface area contributed by atoms with Crippen molar-refractivity contribution in [3.05, 3.63) is 60.0 Å². The average molecular weight is 508 g/mol. The third-order valence-corrected chi connectivity index (χ3v) is 6.99. The Kier molecular flexibility index (Phi) is 7.01. The SMILES string of the molecule is COc1ccc(-c2oc(C3(C(=O)O)CCN(C(=O)N(C)O)CC3)nc2-c2ccc(C(C)(C)C)cc2)cc1. The normalized spacial score (nSPS) is 15.4. The van der Waals surface area contributed by atoms with Gasteiger partial charge in [0.2, 0.25) is 5.89 Å². The van der Waals surface area contributed by atoms with Gasteiger partial charge >= 0.3 is 12.0 Å². The van der Waals surface area contributed by atoms with Crippen LogP contribution < -0.4 is 4.74 Å². The van der Waals surface area contributed by atoms with E-state index in [0.29, 0.717) is 22.3 Å². The first-order chi connectivity index (χ1) is 17.5. The summed E-state index contributed by atoms with van der Waals surface area (Å²) in [4.78, 5) is 31.0. The maximum atomic E-state index is 12.6. The molecule has 0 atom stereocenters. The number of likely N-dealkylation sites (tertiary alicyclic amines) is 1. The second-order valence-electron chi connectivity index (χ2n) is 10.4. The Morgan fingerprint density at radius 3 is 2.08 bits per heavy atom. The molecule has 1 aliphatic heterocycles. The minimum Gasteiger partial charge on any atom is -0.497 e. The maximum Gasteiger partial charge on any atom is 0.343 e. The van der Waals surface area contributed by atoms with Crippen molar-refractivity contribution in [2.24, 2.45) is 0 Å². The summed E-state index contributed by atoms with van der Waals surface area (Å²) in [5.41, 5.74) is 1.84. The Balaban J connectivity index is 1.79. The number of urea groups is 1. The molecule has 2 heterocycles. The fourth-order valence-electron chi connectivity index (χ4n) is 4.59. The van der Waals surface area contributed by atoms with Crippen LogP contribution >= 0.6 is 0 Å². The van der Waals surface area contributed by atoms with E-state index in [2.05, 4.69) is 20.8 Å². The molecule has 0 bridgehead atoms. The van der Waals surface area contributed by atoms with E-state index in [-0.39, 0.29) is 37.2 Å². The summed E-state index contributed by atoms with van der Waals surface area (Å²) < 4.78 is 11.6. The number of piperidine rings is 1. The first-order valence-electron chi connectivity index (χ1n) is 12.2. The Labute approximate surface area is 216 Å². The van der Waals surface area contributed by atoms with Crippen molar-refractivity contribution in [1.29, 1.82) is 0 Å². The summed E-state index contributed by atoms with van der Waals surface area (Å²) in [5, 5.41) is 20.3. The molecule has 1 saturated heterocycles. The van der Waals surface area contributed by atoms with Crippen molar-refractivity contribution in [2.45, 2.75) is 44.4 Å². The Hall–Kier alpha value is -3.85. The van der Waals surface area contributed by atoms with Crippen molar-refractivity contribution in [1.82, 2.24) is 14.9 Å². The third-order valence-electron chi connectivity index (χ3n) is 6.99. The number of methoxy groups -OCH3 is 1. The molecule has 1 aromatic heterocycles. The fourth-order valence-corrected chi connectivity index (χ4v) is 4.59. The second kappa shape index (κ2) is 9.89. The van der Waals surface area contributed by atoms with E-state index in [1.54, 1.807) is 7.11 Å². The summed E-state index contributed by atoms with van der Waals surface area (Å²) in [6, 6.07) is 14.8. The van der Waals surface area contributed by atoms with Crippen LogP contribution in [0.5, 0.6) is 5.75 Å². The number of rotatable bonds is 5. The zero-order valence-electron chi connectivity index (χ0n) is 21.8. The molecule has 2 N–H and O–H groups in total. The van der Waals surface area contributed by atoms with E-state index in [1.165, 1.54) is 17.5 Å². The van der Waals surface area contributed by atoms with Gasteiger partial charge in [-0.3, -0.25) is 10.0 Å². The highest BCUT2D eigenvalue weighted by atomic mass is 16.5. The van der Waals surface area contributed by atoms with Crippen LogP contribution in [0, 0.1) is 0 Å². The molecule has 1 fully saturated rings. The van der Waals surface area contributed by atoms with E-state index < -0.39 is 17.4 Å². The molecule has 3 aromatic rings. The summed E-state index contributed by atoms with van der Waals surface area (Å²) in [7, 11) is 2.83. The molecule has 1 aliphatic rings. The molecule has 0 unspecified atom stereocenters. The van der Waals surface area contributed by atoms with Gasteiger partial charge in [0.1, 0.15) is 16.9 Å². The molecule has 0 radical (unpaired) electrons. The summed E-state index contributed by atoms with van der Waals surface area (Å²) >= 11 is 0. The van der Waals surface area contributed by atoms with Gasteiger partial charge in [0.25, 0.3) is 0 Å². The lowest BCUT2D eigenvalue weighted by Crippen LogP contribution is -2.51. The maximum absolute atomic E-state index is 12.6. The zero-order valence-corrected chi connectivity index (χ0v) is 21.8.